The number of fused-ring (bicyclic) bond motifs is 2. The van der Waals surface area contributed by atoms with Crippen LogP contribution in [0.1, 0.15) is 39.5 Å². The van der Waals surface area contributed by atoms with E-state index in [-0.39, 0.29) is 29.7 Å². The zero-order valence-corrected chi connectivity index (χ0v) is 14.9. The van der Waals surface area contributed by atoms with Crippen LogP contribution in [0.3, 0.4) is 0 Å². The number of pyridine rings is 1. The highest BCUT2D eigenvalue weighted by atomic mass is 16.2. The minimum atomic E-state index is -0.368. The molecule has 25 heavy (non-hydrogen) atoms. The van der Waals surface area contributed by atoms with Crippen LogP contribution in [-0.2, 0) is 16.1 Å². The third-order valence-electron chi connectivity index (χ3n) is 5.78. The van der Waals surface area contributed by atoms with E-state index in [4.69, 9.17) is 0 Å². The van der Waals surface area contributed by atoms with Gasteiger partial charge in [-0.25, -0.2) is 0 Å². The number of hydrogen-bond acceptors (Lipinski definition) is 3. The fourth-order valence-electron chi connectivity index (χ4n) is 4.91. The van der Waals surface area contributed by atoms with Crippen molar-refractivity contribution in [2.45, 2.75) is 52.1 Å². The molecule has 5 atom stereocenters. The second-order valence-electron chi connectivity index (χ2n) is 7.86. The van der Waals surface area contributed by atoms with Crippen molar-refractivity contribution >= 4 is 18.0 Å². The molecule has 1 aromatic rings. The molecular formula is C19H27N3O3. The molecule has 5 unspecified atom stereocenters. The molecule has 6 heteroatoms. The van der Waals surface area contributed by atoms with Crippen molar-refractivity contribution in [2.75, 3.05) is 5.32 Å². The van der Waals surface area contributed by atoms with Gasteiger partial charge in [-0.2, -0.15) is 0 Å². The number of carbonyl (C=O) groups excluding carboxylic acids is 2. The molecule has 2 saturated carbocycles. The molecule has 6 nitrogen and oxygen atoms in total. The summed E-state index contributed by atoms with van der Waals surface area (Å²) >= 11 is 0. The lowest BCUT2D eigenvalue weighted by Gasteiger charge is -2.46. The molecular weight excluding hydrogens is 318 g/mol. The van der Waals surface area contributed by atoms with E-state index in [1.54, 1.807) is 12.3 Å². The van der Waals surface area contributed by atoms with Crippen molar-refractivity contribution in [3.05, 3.63) is 28.7 Å². The first kappa shape index (κ1) is 17.7. The number of carbonyl (C=O) groups is 2. The minimum Gasteiger partial charge on any atom is -0.351 e. The Hall–Kier alpha value is -2.11. The normalized spacial score (nSPS) is 31.2. The highest BCUT2D eigenvalue weighted by Gasteiger charge is 2.40. The van der Waals surface area contributed by atoms with E-state index in [2.05, 4.69) is 24.5 Å². The average Bonchev–Trinajstić information content (AvgIpc) is 2.55. The molecule has 3 rings (SSSR count). The van der Waals surface area contributed by atoms with Crippen LogP contribution in [-0.4, -0.2) is 22.9 Å². The Labute approximate surface area is 148 Å². The zero-order valence-electron chi connectivity index (χ0n) is 14.9. The second-order valence-corrected chi connectivity index (χ2v) is 7.86. The van der Waals surface area contributed by atoms with E-state index < -0.39 is 0 Å². The zero-order chi connectivity index (χ0) is 18.0. The molecule has 2 fully saturated rings. The van der Waals surface area contributed by atoms with Gasteiger partial charge in [-0.1, -0.05) is 13.8 Å². The van der Waals surface area contributed by atoms with Crippen LogP contribution < -0.4 is 16.2 Å². The number of amides is 2. The number of anilines is 1. The van der Waals surface area contributed by atoms with Crippen LogP contribution in [0.4, 0.5) is 5.69 Å². The molecule has 0 radical (unpaired) electrons. The van der Waals surface area contributed by atoms with Crippen LogP contribution in [0, 0.1) is 23.7 Å². The van der Waals surface area contributed by atoms with E-state index in [0.717, 1.165) is 11.8 Å². The monoisotopic (exact) mass is 345 g/mol. The Bertz CT molecular complexity index is 695. The fraction of sp³-hybridized carbons (Fsp3) is 0.632. The third-order valence-corrected chi connectivity index (χ3v) is 5.78. The minimum absolute atomic E-state index is 0.0257. The molecule has 1 heterocycles. The largest absolute Gasteiger partial charge is 0.351 e. The van der Waals surface area contributed by atoms with Gasteiger partial charge in [-0.15, -0.1) is 0 Å². The molecule has 2 aliphatic carbocycles. The maximum absolute atomic E-state index is 12.5. The molecule has 2 bridgehead atoms. The SMILES string of the molecule is CC1CC2CC(C)C(NC(=O)Cn3cccc(NC=O)c3=O)C(C1)C2. The average molecular weight is 345 g/mol. The van der Waals surface area contributed by atoms with Gasteiger partial charge in [-0.3, -0.25) is 14.4 Å². The maximum atomic E-state index is 12.5. The number of rotatable bonds is 5. The number of aromatic nitrogens is 1. The van der Waals surface area contributed by atoms with Crippen LogP contribution in [0.2, 0.25) is 0 Å². The van der Waals surface area contributed by atoms with E-state index in [1.165, 1.54) is 36.3 Å². The number of nitrogens with zero attached hydrogens (tertiary/aromatic N) is 1. The van der Waals surface area contributed by atoms with Gasteiger partial charge < -0.3 is 15.2 Å². The summed E-state index contributed by atoms with van der Waals surface area (Å²) in [6, 6.07) is 3.37. The Morgan fingerprint density at radius 3 is 2.84 bits per heavy atom. The third kappa shape index (κ3) is 3.94. The summed E-state index contributed by atoms with van der Waals surface area (Å²) in [7, 11) is 0. The molecule has 0 aromatic carbocycles. The van der Waals surface area contributed by atoms with Gasteiger partial charge in [0.15, 0.2) is 0 Å². The van der Waals surface area contributed by atoms with Gasteiger partial charge in [0.05, 0.1) is 0 Å². The summed E-state index contributed by atoms with van der Waals surface area (Å²) < 4.78 is 1.33. The molecule has 2 aliphatic rings. The summed E-state index contributed by atoms with van der Waals surface area (Å²) in [4.78, 5) is 35.3. The van der Waals surface area contributed by atoms with Crippen molar-refractivity contribution in [3.63, 3.8) is 0 Å². The fourth-order valence-corrected chi connectivity index (χ4v) is 4.91. The molecule has 2 N–H and O–H groups in total. The maximum Gasteiger partial charge on any atom is 0.274 e. The molecule has 0 aliphatic heterocycles. The second kappa shape index (κ2) is 7.42. The smallest absolute Gasteiger partial charge is 0.274 e. The van der Waals surface area contributed by atoms with Gasteiger partial charge in [0.25, 0.3) is 5.56 Å². The predicted octanol–water partition coefficient (Wildman–Crippen LogP) is 1.99. The van der Waals surface area contributed by atoms with Crippen LogP contribution in [0.15, 0.2) is 23.1 Å². The topological polar surface area (TPSA) is 80.2 Å². The van der Waals surface area contributed by atoms with Gasteiger partial charge in [0.2, 0.25) is 12.3 Å². The lowest BCUT2D eigenvalue weighted by atomic mass is 9.63. The lowest BCUT2D eigenvalue weighted by Crippen LogP contribution is -2.51. The van der Waals surface area contributed by atoms with E-state index >= 15 is 0 Å². The van der Waals surface area contributed by atoms with Crippen LogP contribution in [0.25, 0.3) is 0 Å². The summed E-state index contributed by atoms with van der Waals surface area (Å²) in [5, 5.41) is 5.55. The molecule has 0 saturated heterocycles. The van der Waals surface area contributed by atoms with Crippen molar-refractivity contribution in [1.82, 2.24) is 9.88 Å². The molecule has 2 amide bonds. The predicted molar refractivity (Wildman–Crippen MR) is 96.1 cm³/mol. The first-order valence-electron chi connectivity index (χ1n) is 9.17. The summed E-state index contributed by atoms with van der Waals surface area (Å²) in [6.07, 6.45) is 6.90. The Kier molecular flexibility index (Phi) is 5.25. The van der Waals surface area contributed by atoms with Gasteiger partial charge in [0, 0.05) is 12.2 Å². The Morgan fingerprint density at radius 2 is 2.08 bits per heavy atom. The van der Waals surface area contributed by atoms with Gasteiger partial charge in [-0.05, 0) is 61.5 Å². The van der Waals surface area contributed by atoms with Crippen molar-refractivity contribution in [2.24, 2.45) is 23.7 Å². The first-order chi connectivity index (χ1) is 12.0. The van der Waals surface area contributed by atoms with Gasteiger partial charge >= 0.3 is 0 Å². The first-order valence-corrected chi connectivity index (χ1v) is 9.17. The Balaban J connectivity index is 1.67. The standard InChI is InChI=1S/C19H27N3O3/c1-12-6-14-8-13(2)18(15(7-12)9-14)21-17(24)10-22-5-3-4-16(19(22)25)20-11-23/h3-5,11-15,18H,6-10H2,1-2H3,(H,20,23)(H,21,24). The van der Waals surface area contributed by atoms with Crippen molar-refractivity contribution in [1.29, 1.82) is 0 Å². The molecule has 136 valence electrons. The summed E-state index contributed by atoms with van der Waals surface area (Å²) in [5.41, 5.74) is -0.187. The molecule has 1 aromatic heterocycles. The highest BCUT2D eigenvalue weighted by molar-refractivity contribution is 5.76. The van der Waals surface area contributed by atoms with E-state index in [0.29, 0.717) is 18.2 Å². The number of nitrogens with one attached hydrogen (secondary N) is 2. The van der Waals surface area contributed by atoms with Crippen molar-refractivity contribution < 1.29 is 9.59 Å². The van der Waals surface area contributed by atoms with Crippen molar-refractivity contribution in [3.8, 4) is 0 Å². The molecule has 0 spiro atoms. The highest BCUT2D eigenvalue weighted by Crippen LogP contribution is 2.44. The quantitative estimate of drug-likeness (QED) is 0.801. The van der Waals surface area contributed by atoms with E-state index in [9.17, 15) is 14.4 Å². The number of hydrogen-bond donors (Lipinski definition) is 2. The summed E-state index contributed by atoms with van der Waals surface area (Å²) in [5.74, 6) is 2.40. The Morgan fingerprint density at radius 1 is 1.28 bits per heavy atom. The van der Waals surface area contributed by atoms with Gasteiger partial charge in [0.1, 0.15) is 12.2 Å². The van der Waals surface area contributed by atoms with E-state index in [1.807, 2.05) is 0 Å². The van der Waals surface area contributed by atoms with Crippen LogP contribution in [0.5, 0.6) is 0 Å². The van der Waals surface area contributed by atoms with Crippen LogP contribution >= 0.6 is 0 Å². The lowest BCUT2D eigenvalue weighted by molar-refractivity contribution is -0.124. The summed E-state index contributed by atoms with van der Waals surface area (Å²) in [6.45, 7) is 4.50.